The van der Waals surface area contributed by atoms with E-state index in [0.717, 1.165) is 11.8 Å². The summed E-state index contributed by atoms with van der Waals surface area (Å²) in [6.45, 7) is 0. The van der Waals surface area contributed by atoms with E-state index in [1.165, 1.54) is 7.11 Å². The van der Waals surface area contributed by atoms with Gasteiger partial charge in [-0.05, 0) is 0 Å². The van der Waals surface area contributed by atoms with Crippen LogP contribution in [0.5, 0.6) is 0 Å². The number of amides is 1. The summed E-state index contributed by atoms with van der Waals surface area (Å²) in [6, 6.07) is -0.823. The average Bonchev–Trinajstić information content (AvgIpc) is 2.38. The van der Waals surface area contributed by atoms with Crippen molar-refractivity contribution in [2.45, 2.75) is 24.1 Å². The third-order valence-electron chi connectivity index (χ3n) is 1.97. The van der Waals surface area contributed by atoms with Gasteiger partial charge in [0.1, 0.15) is 6.04 Å². The molecule has 1 aliphatic heterocycles. The van der Waals surface area contributed by atoms with Gasteiger partial charge in [-0.2, -0.15) is 0 Å². The molecule has 0 aliphatic carbocycles. The SMILES string of the molecule is COC(=O)[C@@H]1CS[C@H](C(F)F)CC(=O)N1. The second kappa shape index (κ2) is 5.29. The normalized spacial score (nSPS) is 27.1. The molecule has 0 aromatic heterocycles. The van der Waals surface area contributed by atoms with E-state index in [1.54, 1.807) is 0 Å². The maximum Gasteiger partial charge on any atom is 0.329 e. The van der Waals surface area contributed by atoms with Gasteiger partial charge in [0.2, 0.25) is 5.91 Å². The van der Waals surface area contributed by atoms with Crippen LogP contribution in [0.4, 0.5) is 8.78 Å². The largest absolute Gasteiger partial charge is 0.467 e. The van der Waals surface area contributed by atoms with Crippen molar-refractivity contribution < 1.29 is 23.1 Å². The zero-order valence-corrected chi connectivity index (χ0v) is 8.85. The second-order valence-corrected chi connectivity index (χ2v) is 4.33. The Balaban J connectivity index is 2.62. The van der Waals surface area contributed by atoms with Crippen molar-refractivity contribution in [3.63, 3.8) is 0 Å². The first-order chi connectivity index (χ1) is 7.04. The maximum atomic E-state index is 12.4. The molecular formula is C8H11F2NO3S. The lowest BCUT2D eigenvalue weighted by molar-refractivity contribution is -0.144. The standard InChI is InChI=1S/C8H11F2NO3S/c1-14-8(13)4-3-15-5(7(9)10)2-6(12)11-4/h4-5,7H,2-3H2,1H3,(H,11,12)/t4-,5-/m0/s1. The highest BCUT2D eigenvalue weighted by Crippen LogP contribution is 2.25. The fourth-order valence-electron chi connectivity index (χ4n) is 1.19. The fraction of sp³-hybridized carbons (Fsp3) is 0.750. The molecule has 1 heterocycles. The van der Waals surface area contributed by atoms with Crippen LogP contribution in [0, 0.1) is 0 Å². The van der Waals surface area contributed by atoms with Gasteiger partial charge in [0.15, 0.2) is 0 Å². The summed E-state index contributed by atoms with van der Waals surface area (Å²) in [5, 5.41) is 1.30. The molecular weight excluding hydrogens is 228 g/mol. The molecule has 1 rings (SSSR count). The quantitative estimate of drug-likeness (QED) is 0.709. The van der Waals surface area contributed by atoms with Crippen LogP contribution in [-0.4, -0.2) is 42.5 Å². The Hall–Kier alpha value is -0.850. The van der Waals surface area contributed by atoms with Crippen LogP contribution >= 0.6 is 11.8 Å². The van der Waals surface area contributed by atoms with Gasteiger partial charge < -0.3 is 10.1 Å². The van der Waals surface area contributed by atoms with Crippen LogP contribution in [0.2, 0.25) is 0 Å². The van der Waals surface area contributed by atoms with Gasteiger partial charge in [0.05, 0.1) is 12.4 Å². The Labute approximate surface area is 89.7 Å². The van der Waals surface area contributed by atoms with Crippen LogP contribution in [-0.2, 0) is 14.3 Å². The lowest BCUT2D eigenvalue weighted by Crippen LogP contribution is -2.41. The van der Waals surface area contributed by atoms with Gasteiger partial charge in [-0.1, -0.05) is 0 Å². The number of hydrogen-bond donors (Lipinski definition) is 1. The fourth-order valence-corrected chi connectivity index (χ4v) is 2.26. The summed E-state index contributed by atoms with van der Waals surface area (Å²) < 4.78 is 29.2. The molecule has 0 spiro atoms. The predicted octanol–water partition coefficient (Wildman–Crippen LogP) is 0.415. The van der Waals surface area contributed by atoms with Crippen LogP contribution < -0.4 is 5.32 Å². The lowest BCUT2D eigenvalue weighted by atomic mass is 10.2. The Morgan fingerprint density at radius 3 is 2.87 bits per heavy atom. The Morgan fingerprint density at radius 2 is 2.33 bits per heavy atom. The van der Waals surface area contributed by atoms with E-state index in [2.05, 4.69) is 10.1 Å². The van der Waals surface area contributed by atoms with Gasteiger partial charge in [-0.15, -0.1) is 11.8 Å². The molecule has 0 saturated carbocycles. The first-order valence-corrected chi connectivity index (χ1v) is 5.36. The molecule has 15 heavy (non-hydrogen) atoms. The smallest absolute Gasteiger partial charge is 0.329 e. The van der Waals surface area contributed by atoms with Gasteiger partial charge in [0, 0.05) is 12.2 Å². The highest BCUT2D eigenvalue weighted by Gasteiger charge is 2.32. The van der Waals surface area contributed by atoms with Crippen molar-refractivity contribution in [2.24, 2.45) is 0 Å². The summed E-state index contributed by atoms with van der Waals surface area (Å²) in [5.41, 5.74) is 0. The number of carbonyl (C=O) groups excluding carboxylic acids is 2. The van der Waals surface area contributed by atoms with E-state index in [9.17, 15) is 18.4 Å². The summed E-state index contributed by atoms with van der Waals surface area (Å²) in [7, 11) is 1.19. The molecule has 1 aliphatic rings. The monoisotopic (exact) mass is 239 g/mol. The number of thioether (sulfide) groups is 1. The molecule has 0 unspecified atom stereocenters. The van der Waals surface area contributed by atoms with E-state index in [0.29, 0.717) is 0 Å². The van der Waals surface area contributed by atoms with Crippen molar-refractivity contribution in [3.05, 3.63) is 0 Å². The number of alkyl halides is 2. The summed E-state index contributed by atoms with van der Waals surface area (Å²) in [5.74, 6) is -1.03. The van der Waals surface area contributed by atoms with Crippen molar-refractivity contribution >= 4 is 23.6 Å². The predicted molar refractivity (Wildman–Crippen MR) is 50.8 cm³/mol. The molecule has 7 heteroatoms. The number of hydrogen-bond acceptors (Lipinski definition) is 4. The zero-order chi connectivity index (χ0) is 11.4. The highest BCUT2D eigenvalue weighted by molar-refractivity contribution is 8.00. The number of nitrogens with one attached hydrogen (secondary N) is 1. The van der Waals surface area contributed by atoms with Crippen LogP contribution in [0.15, 0.2) is 0 Å². The Kier molecular flexibility index (Phi) is 4.31. The van der Waals surface area contributed by atoms with E-state index in [-0.39, 0.29) is 12.2 Å². The maximum absolute atomic E-state index is 12.4. The number of halogens is 2. The molecule has 0 radical (unpaired) electrons. The number of methoxy groups -OCH3 is 1. The van der Waals surface area contributed by atoms with Crippen molar-refractivity contribution in [1.29, 1.82) is 0 Å². The van der Waals surface area contributed by atoms with Crippen LogP contribution in [0.3, 0.4) is 0 Å². The number of rotatable bonds is 2. The molecule has 4 nitrogen and oxygen atoms in total. The second-order valence-electron chi connectivity index (χ2n) is 3.05. The molecule has 0 aromatic rings. The van der Waals surface area contributed by atoms with Crippen molar-refractivity contribution in [3.8, 4) is 0 Å². The van der Waals surface area contributed by atoms with E-state index in [4.69, 9.17) is 0 Å². The minimum atomic E-state index is -2.56. The first-order valence-electron chi connectivity index (χ1n) is 4.31. The molecule has 2 atom stereocenters. The van der Waals surface area contributed by atoms with Gasteiger partial charge in [-0.3, -0.25) is 4.79 Å². The average molecular weight is 239 g/mol. The van der Waals surface area contributed by atoms with Crippen LogP contribution in [0.1, 0.15) is 6.42 Å². The summed E-state index contributed by atoms with van der Waals surface area (Å²) >= 11 is 0.914. The van der Waals surface area contributed by atoms with Gasteiger partial charge in [0.25, 0.3) is 6.43 Å². The lowest BCUT2D eigenvalue weighted by Gasteiger charge is -2.12. The van der Waals surface area contributed by atoms with E-state index < -0.39 is 29.6 Å². The summed E-state index contributed by atoms with van der Waals surface area (Å²) in [4.78, 5) is 22.3. The third kappa shape index (κ3) is 3.33. The molecule has 1 N–H and O–H groups in total. The molecule has 1 amide bonds. The Morgan fingerprint density at radius 1 is 1.67 bits per heavy atom. The Bertz CT molecular complexity index is 262. The molecule has 86 valence electrons. The van der Waals surface area contributed by atoms with E-state index in [1.807, 2.05) is 0 Å². The number of ether oxygens (including phenoxy) is 1. The van der Waals surface area contributed by atoms with E-state index >= 15 is 0 Å². The highest BCUT2D eigenvalue weighted by atomic mass is 32.2. The van der Waals surface area contributed by atoms with Crippen LogP contribution in [0.25, 0.3) is 0 Å². The molecule has 1 saturated heterocycles. The number of esters is 1. The minimum absolute atomic E-state index is 0.118. The first kappa shape index (κ1) is 12.2. The molecule has 0 bridgehead atoms. The van der Waals surface area contributed by atoms with Gasteiger partial charge in [-0.25, -0.2) is 13.6 Å². The number of carbonyl (C=O) groups is 2. The van der Waals surface area contributed by atoms with Crippen molar-refractivity contribution in [2.75, 3.05) is 12.9 Å². The summed E-state index contributed by atoms with van der Waals surface area (Å²) in [6.07, 6.45) is -2.83. The zero-order valence-electron chi connectivity index (χ0n) is 8.04. The molecule has 1 fully saturated rings. The van der Waals surface area contributed by atoms with Crippen molar-refractivity contribution in [1.82, 2.24) is 5.32 Å². The van der Waals surface area contributed by atoms with Gasteiger partial charge >= 0.3 is 5.97 Å². The topological polar surface area (TPSA) is 55.4 Å². The third-order valence-corrected chi connectivity index (χ3v) is 3.29. The minimum Gasteiger partial charge on any atom is -0.467 e. The molecule has 0 aromatic carbocycles.